The number of rotatable bonds is 3. The summed E-state index contributed by atoms with van der Waals surface area (Å²) in [4.78, 5) is 33.7. The molecule has 0 unspecified atom stereocenters. The van der Waals surface area contributed by atoms with Gasteiger partial charge in [0.15, 0.2) is 11.5 Å². The highest BCUT2D eigenvalue weighted by Gasteiger charge is 2.34. The Morgan fingerprint density at radius 1 is 1.14 bits per heavy atom. The van der Waals surface area contributed by atoms with Crippen LogP contribution < -0.4 is 10.6 Å². The van der Waals surface area contributed by atoms with Crippen molar-refractivity contribution in [3.8, 4) is 0 Å². The van der Waals surface area contributed by atoms with E-state index in [0.29, 0.717) is 6.07 Å². The van der Waals surface area contributed by atoms with Crippen molar-refractivity contribution in [2.45, 2.75) is 6.18 Å². The molecule has 2 aromatic rings. The molecule has 0 atom stereocenters. The molecule has 2 heterocycles. The number of anilines is 2. The second kappa shape index (κ2) is 7.29. The smallest absolute Gasteiger partial charge is 0.382 e. The van der Waals surface area contributed by atoms with Gasteiger partial charge in [0, 0.05) is 44.6 Å². The Morgan fingerprint density at radius 3 is 2.36 bits per heavy atom. The van der Waals surface area contributed by atoms with Gasteiger partial charge < -0.3 is 15.5 Å². The molecule has 28 heavy (non-hydrogen) atoms. The van der Waals surface area contributed by atoms with Crippen LogP contribution in [-0.4, -0.2) is 51.9 Å². The van der Waals surface area contributed by atoms with Crippen LogP contribution in [0.15, 0.2) is 30.6 Å². The van der Waals surface area contributed by atoms with Gasteiger partial charge in [0.1, 0.15) is 5.69 Å². The van der Waals surface area contributed by atoms with Crippen LogP contribution in [0.1, 0.15) is 16.1 Å². The maximum Gasteiger partial charge on any atom is 0.416 e. The van der Waals surface area contributed by atoms with Crippen molar-refractivity contribution in [1.29, 1.82) is 0 Å². The lowest BCUT2D eigenvalue weighted by atomic mass is 10.1. The fourth-order valence-electron chi connectivity index (χ4n) is 2.93. The van der Waals surface area contributed by atoms with E-state index in [0.717, 1.165) is 12.1 Å². The highest BCUT2D eigenvalue weighted by molar-refractivity contribution is 5.96. The number of nitrogens with zero attached hydrogens (tertiary/aromatic N) is 5. The molecule has 1 amide bonds. The minimum Gasteiger partial charge on any atom is -0.382 e. The molecule has 0 saturated carbocycles. The molecular formula is C16H15F3N6O3. The summed E-state index contributed by atoms with van der Waals surface area (Å²) in [7, 11) is 0. The minimum absolute atomic E-state index is 0.00620. The number of piperazine rings is 1. The Hall–Kier alpha value is -3.44. The number of benzene rings is 1. The normalized spacial score (nSPS) is 14.8. The quantitative estimate of drug-likeness (QED) is 0.622. The van der Waals surface area contributed by atoms with Crippen LogP contribution in [0.25, 0.3) is 0 Å². The summed E-state index contributed by atoms with van der Waals surface area (Å²) in [5.41, 5.74) is 4.01. The lowest BCUT2D eigenvalue weighted by molar-refractivity contribution is -0.384. The van der Waals surface area contributed by atoms with Crippen LogP contribution in [-0.2, 0) is 6.18 Å². The zero-order valence-electron chi connectivity index (χ0n) is 14.4. The summed E-state index contributed by atoms with van der Waals surface area (Å²) in [6.45, 7) is 0.816. The number of alkyl halides is 3. The highest BCUT2D eigenvalue weighted by Crippen LogP contribution is 2.36. The summed E-state index contributed by atoms with van der Waals surface area (Å²) >= 11 is 0. The van der Waals surface area contributed by atoms with Gasteiger partial charge in [0.2, 0.25) is 0 Å². The largest absolute Gasteiger partial charge is 0.416 e. The molecule has 9 nitrogen and oxygen atoms in total. The standard InChI is InChI=1S/C16H15F3N6O3/c17-16(18,19)10-1-2-11(12(9-10)25(27)28)23-5-7-24(8-6-23)15(26)13-14(20)22-4-3-21-13/h1-4,9H,5-8H2,(H2,20,22). The molecule has 2 N–H and O–H groups in total. The van der Waals surface area contributed by atoms with E-state index in [4.69, 9.17) is 5.73 Å². The summed E-state index contributed by atoms with van der Waals surface area (Å²) in [6.07, 6.45) is -1.98. The van der Waals surface area contributed by atoms with E-state index in [1.807, 2.05) is 0 Å². The Morgan fingerprint density at radius 2 is 1.79 bits per heavy atom. The maximum absolute atomic E-state index is 12.8. The number of halogens is 3. The molecule has 12 heteroatoms. The summed E-state index contributed by atoms with van der Waals surface area (Å²) < 4.78 is 38.5. The molecule has 1 saturated heterocycles. The van der Waals surface area contributed by atoms with Crippen molar-refractivity contribution in [1.82, 2.24) is 14.9 Å². The average Bonchev–Trinajstić information content (AvgIpc) is 2.67. The predicted molar refractivity (Wildman–Crippen MR) is 92.7 cm³/mol. The number of hydrogen-bond donors (Lipinski definition) is 1. The number of aromatic nitrogens is 2. The van der Waals surface area contributed by atoms with Crippen LogP contribution in [0.2, 0.25) is 0 Å². The van der Waals surface area contributed by atoms with E-state index >= 15 is 0 Å². The van der Waals surface area contributed by atoms with Crippen LogP contribution in [0.4, 0.5) is 30.4 Å². The Labute approximate surface area is 156 Å². The van der Waals surface area contributed by atoms with Crippen molar-refractivity contribution < 1.29 is 22.9 Å². The SMILES string of the molecule is Nc1nccnc1C(=O)N1CCN(c2ccc(C(F)(F)F)cc2[N+](=O)[O-])CC1. The van der Waals surface area contributed by atoms with Gasteiger partial charge in [-0.3, -0.25) is 14.9 Å². The third-order valence-electron chi connectivity index (χ3n) is 4.34. The number of nitro groups is 1. The zero-order chi connectivity index (χ0) is 20.5. The van der Waals surface area contributed by atoms with E-state index in [-0.39, 0.29) is 43.4 Å². The van der Waals surface area contributed by atoms with E-state index in [2.05, 4.69) is 9.97 Å². The number of carbonyl (C=O) groups is 1. The molecule has 1 aliphatic heterocycles. The van der Waals surface area contributed by atoms with E-state index < -0.39 is 28.3 Å². The van der Waals surface area contributed by atoms with E-state index in [9.17, 15) is 28.1 Å². The summed E-state index contributed by atoms with van der Waals surface area (Å²) in [5.74, 6) is -0.430. The van der Waals surface area contributed by atoms with Gasteiger partial charge >= 0.3 is 6.18 Å². The van der Waals surface area contributed by atoms with Crippen molar-refractivity contribution in [2.75, 3.05) is 36.8 Å². The van der Waals surface area contributed by atoms with Gasteiger partial charge in [-0.15, -0.1) is 0 Å². The highest BCUT2D eigenvalue weighted by atomic mass is 19.4. The van der Waals surface area contributed by atoms with E-state index in [1.165, 1.54) is 17.3 Å². The fourth-order valence-corrected chi connectivity index (χ4v) is 2.93. The maximum atomic E-state index is 12.8. The van der Waals surface area contributed by atoms with E-state index in [1.54, 1.807) is 4.90 Å². The van der Waals surface area contributed by atoms with Gasteiger partial charge in [-0.05, 0) is 12.1 Å². The molecule has 1 aliphatic rings. The van der Waals surface area contributed by atoms with Crippen LogP contribution in [0.5, 0.6) is 0 Å². The van der Waals surface area contributed by atoms with Gasteiger partial charge in [-0.1, -0.05) is 0 Å². The molecule has 1 fully saturated rings. The van der Waals surface area contributed by atoms with Crippen molar-refractivity contribution in [3.63, 3.8) is 0 Å². The second-order valence-electron chi connectivity index (χ2n) is 6.03. The predicted octanol–water partition coefficient (Wildman–Crippen LogP) is 1.95. The first-order chi connectivity index (χ1) is 13.2. The van der Waals surface area contributed by atoms with Gasteiger partial charge in [-0.2, -0.15) is 13.2 Å². The second-order valence-corrected chi connectivity index (χ2v) is 6.03. The fraction of sp³-hybridized carbons (Fsp3) is 0.312. The Bertz CT molecular complexity index is 913. The number of nitrogens with two attached hydrogens (primary N) is 1. The lowest BCUT2D eigenvalue weighted by Crippen LogP contribution is -2.49. The molecule has 3 rings (SSSR count). The van der Waals surface area contributed by atoms with Gasteiger partial charge in [-0.25, -0.2) is 9.97 Å². The number of nitrogen functional groups attached to an aromatic ring is 1. The van der Waals surface area contributed by atoms with Crippen LogP contribution in [0.3, 0.4) is 0 Å². The summed E-state index contributed by atoms with van der Waals surface area (Å²) in [6, 6.07) is 2.41. The van der Waals surface area contributed by atoms with Crippen molar-refractivity contribution in [2.24, 2.45) is 0 Å². The van der Waals surface area contributed by atoms with Crippen molar-refractivity contribution >= 4 is 23.1 Å². The molecule has 0 spiro atoms. The minimum atomic E-state index is -4.68. The number of hydrogen-bond acceptors (Lipinski definition) is 7. The molecule has 0 radical (unpaired) electrons. The molecule has 148 valence electrons. The number of amides is 1. The monoisotopic (exact) mass is 396 g/mol. The lowest BCUT2D eigenvalue weighted by Gasteiger charge is -2.35. The van der Waals surface area contributed by atoms with Crippen LogP contribution in [0, 0.1) is 10.1 Å². The average molecular weight is 396 g/mol. The topological polar surface area (TPSA) is 118 Å². The Kier molecular flexibility index (Phi) is 5.03. The molecule has 1 aromatic heterocycles. The third-order valence-corrected chi connectivity index (χ3v) is 4.34. The van der Waals surface area contributed by atoms with Gasteiger partial charge in [0.25, 0.3) is 11.6 Å². The molecular weight excluding hydrogens is 381 g/mol. The molecule has 0 bridgehead atoms. The van der Waals surface area contributed by atoms with Crippen LogP contribution >= 0.6 is 0 Å². The molecule has 1 aromatic carbocycles. The Balaban J connectivity index is 1.77. The van der Waals surface area contributed by atoms with Gasteiger partial charge in [0.05, 0.1) is 10.5 Å². The summed E-state index contributed by atoms with van der Waals surface area (Å²) in [5, 5.41) is 11.3. The van der Waals surface area contributed by atoms with Crippen molar-refractivity contribution in [3.05, 3.63) is 52.0 Å². The third kappa shape index (κ3) is 3.80. The number of nitro benzene ring substituents is 1. The zero-order valence-corrected chi connectivity index (χ0v) is 14.4. The first-order valence-corrected chi connectivity index (χ1v) is 8.15. The first kappa shape index (κ1) is 19.3. The number of carbonyl (C=O) groups excluding carboxylic acids is 1. The molecule has 0 aliphatic carbocycles. The first-order valence-electron chi connectivity index (χ1n) is 8.15.